The average molecular weight is 278 g/mol. The quantitative estimate of drug-likeness (QED) is 0.561. The van der Waals surface area contributed by atoms with Crippen LogP contribution in [0.3, 0.4) is 0 Å². The summed E-state index contributed by atoms with van der Waals surface area (Å²) in [6.45, 7) is 0.263. The number of ether oxygens (including phenoxy) is 2. The van der Waals surface area contributed by atoms with Gasteiger partial charge >= 0.3 is 0 Å². The third-order valence-corrected chi connectivity index (χ3v) is 3.67. The van der Waals surface area contributed by atoms with E-state index in [1.54, 1.807) is 0 Å². The van der Waals surface area contributed by atoms with Crippen LogP contribution in [-0.2, 0) is 0 Å². The maximum absolute atomic E-state index is 5.38. The second-order valence-corrected chi connectivity index (χ2v) is 4.93. The molecule has 1 aliphatic rings. The Kier molecular flexibility index (Phi) is 1.92. The van der Waals surface area contributed by atoms with Crippen molar-refractivity contribution in [2.24, 2.45) is 0 Å². The van der Waals surface area contributed by atoms with Crippen molar-refractivity contribution in [3.63, 3.8) is 0 Å². The van der Waals surface area contributed by atoms with Crippen molar-refractivity contribution >= 4 is 21.9 Å². The lowest BCUT2D eigenvalue weighted by Gasteiger charge is -1.93. The minimum Gasteiger partial charge on any atom is -0.454 e. The zero-order valence-electron chi connectivity index (χ0n) is 10.9. The van der Waals surface area contributed by atoms with Crippen LogP contribution in [0.1, 0.15) is 0 Å². The van der Waals surface area contributed by atoms with Crippen LogP contribution in [0.4, 0.5) is 0 Å². The van der Waals surface area contributed by atoms with Crippen LogP contribution in [0, 0.1) is 0 Å². The molecule has 6 nitrogen and oxygen atoms in total. The summed E-state index contributed by atoms with van der Waals surface area (Å²) in [6.07, 6.45) is 0. The highest BCUT2D eigenvalue weighted by molar-refractivity contribution is 5.93. The number of rotatable bonds is 1. The molecule has 0 atom stereocenters. The Labute approximate surface area is 118 Å². The normalized spacial score (nSPS) is 13.3. The number of H-pyrrole nitrogens is 2. The number of hydrogen-bond acceptors (Lipinski definition) is 4. The van der Waals surface area contributed by atoms with Crippen molar-refractivity contribution in [2.75, 3.05) is 6.79 Å². The van der Waals surface area contributed by atoms with E-state index >= 15 is 0 Å². The third-order valence-electron chi connectivity index (χ3n) is 3.67. The molecule has 0 fully saturated rings. The van der Waals surface area contributed by atoms with Gasteiger partial charge in [0.05, 0.1) is 16.6 Å². The molecule has 21 heavy (non-hydrogen) atoms. The number of nitrogens with one attached hydrogen (secondary N) is 2. The highest BCUT2D eigenvalue weighted by Crippen LogP contribution is 2.36. The molecule has 2 N–H and O–H groups in total. The van der Waals surface area contributed by atoms with E-state index in [0.29, 0.717) is 0 Å². The molecule has 102 valence electrons. The zero-order chi connectivity index (χ0) is 13.8. The number of hydrogen-bond donors (Lipinski definition) is 2. The van der Waals surface area contributed by atoms with E-state index in [4.69, 9.17) is 9.47 Å². The van der Waals surface area contributed by atoms with Gasteiger partial charge in [-0.1, -0.05) is 18.2 Å². The summed E-state index contributed by atoms with van der Waals surface area (Å²) in [4.78, 5) is 7.90. The van der Waals surface area contributed by atoms with Crippen molar-refractivity contribution in [3.05, 3.63) is 36.4 Å². The largest absolute Gasteiger partial charge is 0.454 e. The number of aromatic nitrogens is 4. The fourth-order valence-corrected chi connectivity index (χ4v) is 2.66. The molecular weight excluding hydrogens is 268 g/mol. The molecule has 0 saturated heterocycles. The molecule has 4 aromatic rings. The Morgan fingerprint density at radius 3 is 2.81 bits per heavy atom. The monoisotopic (exact) mass is 278 g/mol. The molecule has 1 aliphatic heterocycles. The van der Waals surface area contributed by atoms with Crippen LogP contribution in [0.2, 0.25) is 0 Å². The lowest BCUT2D eigenvalue weighted by atomic mass is 10.2. The topological polar surface area (TPSA) is 75.8 Å². The fraction of sp³-hybridized carbons (Fsp3) is 0.0667. The molecule has 3 heterocycles. The maximum Gasteiger partial charge on any atom is 0.231 e. The van der Waals surface area contributed by atoms with Crippen LogP contribution < -0.4 is 9.47 Å². The molecule has 6 heteroatoms. The summed E-state index contributed by atoms with van der Waals surface area (Å²) >= 11 is 0. The third kappa shape index (κ3) is 1.47. The van der Waals surface area contributed by atoms with Crippen molar-refractivity contribution in [1.82, 2.24) is 20.2 Å². The van der Waals surface area contributed by atoms with Gasteiger partial charge in [-0.15, -0.1) is 0 Å². The molecule has 0 unspecified atom stereocenters. The van der Waals surface area contributed by atoms with Crippen LogP contribution in [-0.4, -0.2) is 27.0 Å². The Morgan fingerprint density at radius 2 is 1.86 bits per heavy atom. The van der Waals surface area contributed by atoms with Gasteiger partial charge in [0.2, 0.25) is 6.79 Å². The molecule has 0 spiro atoms. The standard InChI is InChI=1S/C15H10N4O2/c1-2-4-9-8(3-1)14(19-18-9)15-16-10-5-12-13(21-7-20-12)6-11(10)17-15/h1-6H,7H2,(H,16,17)(H,18,19). The summed E-state index contributed by atoms with van der Waals surface area (Å²) in [7, 11) is 0. The summed E-state index contributed by atoms with van der Waals surface area (Å²) in [5, 5.41) is 8.41. The van der Waals surface area contributed by atoms with E-state index in [9.17, 15) is 0 Å². The van der Waals surface area contributed by atoms with Gasteiger partial charge in [0.1, 0.15) is 5.69 Å². The fourth-order valence-electron chi connectivity index (χ4n) is 2.66. The van der Waals surface area contributed by atoms with Gasteiger partial charge in [0.25, 0.3) is 0 Å². The predicted molar refractivity (Wildman–Crippen MR) is 77.3 cm³/mol. The van der Waals surface area contributed by atoms with Crippen LogP contribution in [0.15, 0.2) is 36.4 Å². The highest BCUT2D eigenvalue weighted by atomic mass is 16.7. The number of nitrogens with zero attached hydrogens (tertiary/aromatic N) is 2. The lowest BCUT2D eigenvalue weighted by molar-refractivity contribution is 0.174. The van der Waals surface area contributed by atoms with Gasteiger partial charge < -0.3 is 14.5 Å². The summed E-state index contributed by atoms with van der Waals surface area (Å²) < 4.78 is 10.8. The van der Waals surface area contributed by atoms with Gasteiger partial charge in [-0.05, 0) is 6.07 Å². The smallest absolute Gasteiger partial charge is 0.231 e. The van der Waals surface area contributed by atoms with Gasteiger partial charge in [0, 0.05) is 17.5 Å². The molecule has 2 aromatic heterocycles. The van der Waals surface area contributed by atoms with E-state index in [1.807, 2.05) is 36.4 Å². The molecule has 0 aliphatic carbocycles. The zero-order valence-corrected chi connectivity index (χ0v) is 10.9. The van der Waals surface area contributed by atoms with E-state index in [-0.39, 0.29) is 6.79 Å². The Morgan fingerprint density at radius 1 is 1.00 bits per heavy atom. The molecule has 0 amide bonds. The number of benzene rings is 2. The van der Waals surface area contributed by atoms with Crippen LogP contribution >= 0.6 is 0 Å². The Balaban J connectivity index is 1.74. The predicted octanol–water partition coefficient (Wildman–Crippen LogP) is 2.83. The van der Waals surface area contributed by atoms with Crippen LogP contribution in [0.25, 0.3) is 33.5 Å². The van der Waals surface area contributed by atoms with Crippen molar-refractivity contribution < 1.29 is 9.47 Å². The van der Waals surface area contributed by atoms with Crippen LogP contribution in [0.5, 0.6) is 11.5 Å². The molecule has 0 saturated carbocycles. The van der Waals surface area contributed by atoms with Crippen molar-refractivity contribution in [3.8, 4) is 23.0 Å². The number of imidazole rings is 1. The highest BCUT2D eigenvalue weighted by Gasteiger charge is 2.18. The van der Waals surface area contributed by atoms with Crippen molar-refractivity contribution in [2.45, 2.75) is 0 Å². The Bertz CT molecular complexity index is 945. The van der Waals surface area contributed by atoms with Crippen molar-refractivity contribution in [1.29, 1.82) is 0 Å². The van der Waals surface area contributed by atoms with Gasteiger partial charge in [-0.2, -0.15) is 5.10 Å². The first-order valence-electron chi connectivity index (χ1n) is 6.61. The van der Waals surface area contributed by atoms with E-state index in [2.05, 4.69) is 20.2 Å². The Hall–Kier alpha value is -3.02. The number of fused-ring (bicyclic) bond motifs is 3. The minimum absolute atomic E-state index is 0.263. The second-order valence-electron chi connectivity index (χ2n) is 4.93. The molecule has 0 bridgehead atoms. The van der Waals surface area contributed by atoms with Gasteiger partial charge in [0.15, 0.2) is 17.3 Å². The molecule has 2 aromatic carbocycles. The summed E-state index contributed by atoms with van der Waals surface area (Å²) in [5.74, 6) is 2.20. The SMILES string of the molecule is c1ccc2c(-c3nc4cc5c(cc4[nH]3)OCO5)n[nH]c2c1. The minimum atomic E-state index is 0.263. The maximum atomic E-state index is 5.38. The van der Waals surface area contributed by atoms with E-state index in [0.717, 1.165) is 45.0 Å². The van der Waals surface area contributed by atoms with E-state index in [1.165, 1.54) is 0 Å². The first-order valence-corrected chi connectivity index (χ1v) is 6.61. The summed E-state index contributed by atoms with van der Waals surface area (Å²) in [6, 6.07) is 11.8. The lowest BCUT2D eigenvalue weighted by Crippen LogP contribution is -1.92. The first kappa shape index (κ1) is 10.7. The van der Waals surface area contributed by atoms with Gasteiger partial charge in [-0.25, -0.2) is 4.98 Å². The van der Waals surface area contributed by atoms with Gasteiger partial charge in [-0.3, -0.25) is 5.10 Å². The first-order chi connectivity index (χ1) is 10.4. The molecule has 5 rings (SSSR count). The number of aromatic amines is 2. The average Bonchev–Trinajstić information content (AvgIpc) is 3.21. The molecular formula is C15H10N4O2. The van der Waals surface area contributed by atoms with E-state index < -0.39 is 0 Å². The molecule has 0 radical (unpaired) electrons. The second kappa shape index (κ2) is 3.76. The number of para-hydroxylation sites is 1. The summed E-state index contributed by atoms with van der Waals surface area (Å²) in [5.41, 5.74) is 3.54.